The molecule has 0 bridgehead atoms. The Labute approximate surface area is 640 Å². The fourth-order valence-electron chi connectivity index (χ4n) is 18.4. The quantitative estimate of drug-likeness (QED) is 0.0961. The van der Waals surface area contributed by atoms with Crippen molar-refractivity contribution in [3.8, 4) is 40.1 Å². The third kappa shape index (κ3) is 19.1. The van der Waals surface area contributed by atoms with Crippen molar-refractivity contribution in [2.45, 2.75) is 174 Å². The fraction of sp³-hybridized carbons (Fsp3) is 0.348. The average molecular weight is 1460 g/mol. The number of nitrogens with two attached hydrogens (primary N) is 2. The van der Waals surface area contributed by atoms with Crippen LogP contribution >= 0.6 is 0 Å². The highest BCUT2D eigenvalue weighted by molar-refractivity contribution is 6.17. The van der Waals surface area contributed by atoms with Gasteiger partial charge in [-0.1, -0.05) is 195 Å². The molecule has 0 atom stereocenters. The van der Waals surface area contributed by atoms with Crippen molar-refractivity contribution in [3.63, 3.8) is 0 Å². The Morgan fingerprint density at radius 3 is 1.46 bits per heavy atom. The summed E-state index contributed by atoms with van der Waals surface area (Å²) >= 11 is 0. The Kier molecular flexibility index (Phi) is 24.0. The van der Waals surface area contributed by atoms with Crippen molar-refractivity contribution in [2.24, 2.45) is 44.0 Å². The lowest BCUT2D eigenvalue weighted by atomic mass is 9.63. The Morgan fingerprint density at radius 2 is 0.927 bits per heavy atom. The summed E-state index contributed by atoms with van der Waals surface area (Å²) in [6.45, 7) is 27.7. The smallest absolute Gasteiger partial charge is 0.269 e. The molecule has 7 heterocycles. The van der Waals surface area contributed by atoms with Gasteiger partial charge in [-0.05, 0) is 156 Å². The predicted molar refractivity (Wildman–Crippen MR) is 443 cm³/mol. The van der Waals surface area contributed by atoms with E-state index in [2.05, 4.69) is 238 Å². The number of H-pyrrole nitrogens is 1. The zero-order valence-electron chi connectivity index (χ0n) is 63.3. The number of fused-ring (bicyclic) bond motifs is 8. The molecule has 0 radical (unpaired) electrons. The summed E-state index contributed by atoms with van der Waals surface area (Å²) < 4.78 is 40.0. The Morgan fingerprint density at radius 1 is 0.477 bits per heavy atom. The summed E-state index contributed by atoms with van der Waals surface area (Å²) in [5, 5.41) is 31.3. The predicted octanol–water partition coefficient (Wildman–Crippen LogP) is 23.2. The first-order valence-corrected chi connectivity index (χ1v) is 36.8. The standard InChI is InChI=1S/C37H37N5O.C21H14N2.C16H22FN3.C10H21N.C6H2F2N2.2CH4/c1-36(2)18-25(19-37(3,4)22-36)41-30-17-26(21-40-34(30)35(38)43)42-31-14-8-6-11-28(31)33-27(12-9-15-32(33)42)24-16-23-10-5-7-13-29(23)39-20-24;1-3-9-18-14(6-1)12-15(13-22-18)16-8-5-11-20-21(16)17-7-2-4-10-19(17)23-20;1-15(2)6-12(7-16(3,4)10-15)20-13-5-11(17)9-19-14(13)8-18;1-9(2)5-8(11)6-10(3,4)7-9;7-4-1-5(8)6(2-9)10-3-4;;/h5-17,20-21,25,41H,18-19,22H2,1-4H3,(H2,38,43);1-13,23H;5,9,12,20H,6-7,10H2,1-4H3;8H,5-7,11H2,1-4H3;1,3H;2*1H4. The van der Waals surface area contributed by atoms with Crippen LogP contribution < -0.4 is 22.1 Å². The molecule has 564 valence electrons. The molecule has 7 N–H and O–H groups in total. The lowest BCUT2D eigenvalue weighted by molar-refractivity contribution is 0.0985. The maximum absolute atomic E-state index is 13.3. The van der Waals surface area contributed by atoms with Crippen molar-refractivity contribution < 1.29 is 18.0 Å². The maximum atomic E-state index is 13.3. The van der Waals surface area contributed by atoms with Crippen LogP contribution in [-0.2, 0) is 0 Å². The fourth-order valence-corrected chi connectivity index (χ4v) is 18.4. The molecule has 6 aromatic carbocycles. The highest BCUT2D eigenvalue weighted by Crippen LogP contribution is 2.49. The molecule has 13 aromatic rings. The molecule has 7 aromatic heterocycles. The van der Waals surface area contributed by atoms with Gasteiger partial charge in [0.25, 0.3) is 5.91 Å². The molecule has 0 unspecified atom stereocenters. The summed E-state index contributed by atoms with van der Waals surface area (Å²) in [6.07, 6.45) is 17.6. The van der Waals surface area contributed by atoms with E-state index in [1.807, 2.05) is 54.9 Å². The summed E-state index contributed by atoms with van der Waals surface area (Å²) in [6, 6.07) is 59.0. The number of para-hydroxylation sites is 4. The molecule has 3 aliphatic carbocycles. The molecule has 1 amide bonds. The van der Waals surface area contributed by atoms with Gasteiger partial charge in [-0.15, -0.1) is 0 Å². The maximum Gasteiger partial charge on any atom is 0.269 e. The first-order valence-electron chi connectivity index (χ1n) is 36.8. The number of nitriles is 2. The van der Waals surface area contributed by atoms with E-state index in [4.69, 9.17) is 27.0 Å². The van der Waals surface area contributed by atoms with Crippen molar-refractivity contribution >= 4 is 82.7 Å². The average Bonchev–Trinajstić information content (AvgIpc) is 1.57. The normalized spacial score (nSPS) is 16.7. The van der Waals surface area contributed by atoms with Gasteiger partial charge >= 0.3 is 0 Å². The third-order valence-electron chi connectivity index (χ3n) is 20.7. The molecular formula is C92H104F3N13O. The number of hydrogen-bond donors (Lipinski definition) is 5. The highest BCUT2D eigenvalue weighted by Gasteiger charge is 2.41. The van der Waals surface area contributed by atoms with E-state index < -0.39 is 23.4 Å². The molecule has 0 aliphatic heterocycles. The van der Waals surface area contributed by atoms with E-state index in [9.17, 15) is 18.0 Å². The number of primary amides is 1. The van der Waals surface area contributed by atoms with Crippen LogP contribution in [0.1, 0.15) is 178 Å². The second-order valence-electron chi connectivity index (χ2n) is 34.2. The number of anilines is 2. The number of pyridine rings is 5. The van der Waals surface area contributed by atoms with Gasteiger partial charge in [0.05, 0.1) is 57.7 Å². The number of benzene rings is 6. The zero-order chi connectivity index (χ0) is 76.4. The number of carbonyl (C=O) groups is 1. The first-order chi connectivity index (χ1) is 50.7. The molecule has 3 fully saturated rings. The highest BCUT2D eigenvalue weighted by atomic mass is 19.1. The van der Waals surface area contributed by atoms with Crippen LogP contribution in [0.3, 0.4) is 0 Å². The molecule has 109 heavy (non-hydrogen) atoms. The molecule has 16 rings (SSSR count). The SMILES string of the molecule is C.C.CC1(C)CC(N)CC(C)(C)C1.CC1(C)CC(Nc2cc(-n3c4ccccc4c4c(-c5cnc6ccccc6c5)cccc43)cnc2C(N)=O)CC(C)(C)C1.CC1(C)CC(Nc2cc(F)cnc2C#N)CC(C)(C)C1.N#Cc1ncc(F)cc1F.c1ccc2ncc(-c3cccc4[nH]c5ccccc5c34)cc2c1. The van der Waals surface area contributed by atoms with Crippen molar-refractivity contribution in [3.05, 3.63) is 229 Å². The van der Waals surface area contributed by atoms with Crippen molar-refractivity contribution in [2.75, 3.05) is 10.6 Å². The Hall–Kier alpha value is -11.0. The molecule has 14 nitrogen and oxygen atoms in total. The number of aromatic amines is 1. The molecule has 3 aliphatic rings. The number of nitrogens with zero attached hydrogens (tertiary/aromatic N) is 8. The van der Waals surface area contributed by atoms with E-state index >= 15 is 0 Å². The second-order valence-corrected chi connectivity index (χ2v) is 34.2. The minimum absolute atomic E-state index is 0. The van der Waals surface area contributed by atoms with Gasteiger partial charge in [-0.2, -0.15) is 10.5 Å². The van der Waals surface area contributed by atoms with E-state index in [1.165, 1.54) is 65.1 Å². The minimum Gasteiger partial charge on any atom is -0.380 e. The molecule has 0 saturated heterocycles. The van der Waals surface area contributed by atoms with Crippen LogP contribution in [0.4, 0.5) is 24.5 Å². The number of rotatable bonds is 8. The van der Waals surface area contributed by atoms with Crippen molar-refractivity contribution in [1.29, 1.82) is 10.5 Å². The lowest BCUT2D eigenvalue weighted by Crippen LogP contribution is -2.40. The van der Waals surface area contributed by atoms with Crippen LogP contribution in [0, 0.1) is 72.6 Å². The number of amides is 1. The molecule has 3 saturated carbocycles. The number of aromatic nitrogens is 7. The van der Waals surface area contributed by atoms with Gasteiger partial charge < -0.3 is 31.7 Å². The molecule has 17 heteroatoms. The molecular weight excluding hydrogens is 1360 g/mol. The van der Waals surface area contributed by atoms with Crippen LogP contribution in [0.5, 0.6) is 0 Å². The van der Waals surface area contributed by atoms with Gasteiger partial charge in [0, 0.05) is 97.1 Å². The largest absolute Gasteiger partial charge is 0.380 e. The third-order valence-corrected chi connectivity index (χ3v) is 20.7. The number of nitrogens with one attached hydrogen (secondary N) is 3. The van der Waals surface area contributed by atoms with Gasteiger partial charge in [0.1, 0.15) is 23.8 Å². The van der Waals surface area contributed by atoms with E-state index in [0.29, 0.717) is 34.3 Å². The van der Waals surface area contributed by atoms with Gasteiger partial charge in [0.15, 0.2) is 22.9 Å². The monoisotopic (exact) mass is 1460 g/mol. The van der Waals surface area contributed by atoms with Gasteiger partial charge in [-0.25, -0.2) is 28.1 Å². The molecule has 0 spiro atoms. The lowest BCUT2D eigenvalue weighted by Gasteiger charge is -2.45. The minimum atomic E-state index is -0.928. The topological polar surface area (TPSA) is 226 Å². The van der Waals surface area contributed by atoms with Crippen LogP contribution in [0.25, 0.3) is 93.4 Å². The van der Waals surface area contributed by atoms with Gasteiger partial charge in [-0.3, -0.25) is 14.8 Å². The Balaban J connectivity index is 0.000000162. The van der Waals surface area contributed by atoms with E-state index in [-0.39, 0.29) is 65.7 Å². The number of halogens is 3. The second kappa shape index (κ2) is 32.4. The van der Waals surface area contributed by atoms with Crippen LogP contribution in [0.2, 0.25) is 0 Å². The summed E-state index contributed by atoms with van der Waals surface area (Å²) in [7, 11) is 0. The zero-order valence-corrected chi connectivity index (χ0v) is 63.3. The number of carbonyl (C=O) groups excluding carboxylic acids is 1. The van der Waals surface area contributed by atoms with Gasteiger partial charge in [0.2, 0.25) is 0 Å². The first kappa shape index (κ1) is 80.5. The number of hydrogen-bond acceptors (Lipinski definition) is 11. The van der Waals surface area contributed by atoms with Crippen LogP contribution in [0.15, 0.2) is 195 Å². The Bertz CT molecular complexity index is 5490. The van der Waals surface area contributed by atoms with Crippen LogP contribution in [-0.4, -0.2) is 58.5 Å². The van der Waals surface area contributed by atoms with E-state index in [1.54, 1.807) is 6.20 Å². The van der Waals surface area contributed by atoms with E-state index in [0.717, 1.165) is 111 Å². The summed E-state index contributed by atoms with van der Waals surface area (Å²) in [5.74, 6) is -2.66. The summed E-state index contributed by atoms with van der Waals surface area (Å²) in [4.78, 5) is 37.1. The summed E-state index contributed by atoms with van der Waals surface area (Å²) in [5.41, 5.74) is 26.9. The van der Waals surface area contributed by atoms with Crippen molar-refractivity contribution in [1.82, 2.24) is 34.5 Å².